The van der Waals surface area contributed by atoms with Gasteiger partial charge in [-0.15, -0.1) is 0 Å². The highest BCUT2D eigenvalue weighted by atomic mass is 16.3. The molecule has 0 aliphatic carbocycles. The van der Waals surface area contributed by atoms with Crippen molar-refractivity contribution < 1.29 is 14.0 Å². The molecular formula is C18H24N4O3. The van der Waals surface area contributed by atoms with Crippen LogP contribution in [0.2, 0.25) is 0 Å². The Hall–Kier alpha value is -2.57. The van der Waals surface area contributed by atoms with Crippen LogP contribution in [-0.2, 0) is 0 Å². The number of fused-ring (bicyclic) bond motifs is 1. The minimum absolute atomic E-state index is 0.0336. The molecule has 0 bridgehead atoms. The summed E-state index contributed by atoms with van der Waals surface area (Å²) in [6, 6.07) is 5.35. The van der Waals surface area contributed by atoms with E-state index in [-0.39, 0.29) is 18.0 Å². The highest BCUT2D eigenvalue weighted by Crippen LogP contribution is 2.18. The Morgan fingerprint density at radius 3 is 2.64 bits per heavy atom. The standard InChI is InChI=1S/C18H24N4O3/c1-12(2)19-18(24)22-8-4-7-21(9-10-22)17(23)14-5-6-16-15(11-14)20-13(3)25-16/h5-6,11-12H,4,7-10H2,1-3H3,(H,19,24). The van der Waals surface area contributed by atoms with Crippen LogP contribution in [0.15, 0.2) is 22.6 Å². The van der Waals surface area contributed by atoms with Crippen LogP contribution >= 0.6 is 0 Å². The zero-order chi connectivity index (χ0) is 18.0. The topological polar surface area (TPSA) is 78.7 Å². The molecule has 2 aromatic rings. The molecule has 7 heteroatoms. The number of aromatic nitrogens is 1. The first kappa shape index (κ1) is 17.3. The molecule has 25 heavy (non-hydrogen) atoms. The molecule has 134 valence electrons. The van der Waals surface area contributed by atoms with Gasteiger partial charge in [-0.3, -0.25) is 4.79 Å². The molecule has 0 saturated carbocycles. The normalized spacial score (nSPS) is 15.5. The van der Waals surface area contributed by atoms with E-state index in [0.29, 0.717) is 48.7 Å². The van der Waals surface area contributed by atoms with Gasteiger partial charge in [-0.2, -0.15) is 0 Å². The second kappa shape index (κ2) is 7.13. The number of benzene rings is 1. The maximum absolute atomic E-state index is 12.8. The molecule has 1 saturated heterocycles. The molecule has 1 aromatic heterocycles. The number of hydrogen-bond acceptors (Lipinski definition) is 4. The maximum Gasteiger partial charge on any atom is 0.317 e. The monoisotopic (exact) mass is 344 g/mol. The van der Waals surface area contributed by atoms with Crippen molar-refractivity contribution in [3.8, 4) is 0 Å². The predicted molar refractivity (Wildman–Crippen MR) is 94.5 cm³/mol. The van der Waals surface area contributed by atoms with Crippen molar-refractivity contribution in [3.05, 3.63) is 29.7 Å². The number of urea groups is 1. The Balaban J connectivity index is 1.68. The first-order valence-electron chi connectivity index (χ1n) is 8.66. The summed E-state index contributed by atoms with van der Waals surface area (Å²) < 4.78 is 5.45. The van der Waals surface area contributed by atoms with E-state index >= 15 is 0 Å². The van der Waals surface area contributed by atoms with E-state index in [1.165, 1.54) is 0 Å². The number of amides is 3. The number of oxazole rings is 1. The molecular weight excluding hydrogens is 320 g/mol. The van der Waals surface area contributed by atoms with Crippen molar-refractivity contribution in [3.63, 3.8) is 0 Å². The van der Waals surface area contributed by atoms with Gasteiger partial charge in [0.15, 0.2) is 11.5 Å². The smallest absolute Gasteiger partial charge is 0.317 e. The first-order valence-corrected chi connectivity index (χ1v) is 8.66. The first-order chi connectivity index (χ1) is 11.9. The van der Waals surface area contributed by atoms with Crippen LogP contribution in [0.3, 0.4) is 0 Å². The Bertz CT molecular complexity index is 784. The van der Waals surface area contributed by atoms with Gasteiger partial charge in [0, 0.05) is 44.7 Å². The van der Waals surface area contributed by atoms with Crippen molar-refractivity contribution in [2.24, 2.45) is 0 Å². The fraction of sp³-hybridized carbons (Fsp3) is 0.500. The maximum atomic E-state index is 12.8. The molecule has 0 unspecified atom stereocenters. The van der Waals surface area contributed by atoms with E-state index in [4.69, 9.17) is 4.42 Å². The van der Waals surface area contributed by atoms with Gasteiger partial charge in [0.2, 0.25) is 0 Å². The number of carbonyl (C=O) groups excluding carboxylic acids is 2. The molecule has 1 fully saturated rings. The highest BCUT2D eigenvalue weighted by molar-refractivity contribution is 5.97. The fourth-order valence-corrected chi connectivity index (χ4v) is 3.02. The van der Waals surface area contributed by atoms with Crippen molar-refractivity contribution in [2.75, 3.05) is 26.2 Å². The van der Waals surface area contributed by atoms with E-state index in [0.717, 1.165) is 6.42 Å². The lowest BCUT2D eigenvalue weighted by Crippen LogP contribution is -2.44. The molecule has 3 rings (SSSR count). The highest BCUT2D eigenvalue weighted by Gasteiger charge is 2.23. The van der Waals surface area contributed by atoms with Gasteiger partial charge in [0.1, 0.15) is 5.52 Å². The molecule has 1 aromatic carbocycles. The average molecular weight is 344 g/mol. The van der Waals surface area contributed by atoms with Crippen molar-refractivity contribution in [1.29, 1.82) is 0 Å². The average Bonchev–Trinajstić information content (AvgIpc) is 2.77. The van der Waals surface area contributed by atoms with E-state index in [9.17, 15) is 9.59 Å². The summed E-state index contributed by atoms with van der Waals surface area (Å²) >= 11 is 0. The second-order valence-electron chi connectivity index (χ2n) is 6.65. The lowest BCUT2D eigenvalue weighted by atomic mass is 10.1. The Morgan fingerprint density at radius 2 is 1.88 bits per heavy atom. The van der Waals surface area contributed by atoms with Gasteiger partial charge in [0.25, 0.3) is 5.91 Å². The van der Waals surface area contributed by atoms with E-state index in [1.807, 2.05) is 13.8 Å². The SMILES string of the molecule is Cc1nc2cc(C(=O)N3CCCN(C(=O)NC(C)C)CC3)ccc2o1. The van der Waals surface area contributed by atoms with Gasteiger partial charge in [0.05, 0.1) is 0 Å². The van der Waals surface area contributed by atoms with Gasteiger partial charge < -0.3 is 19.5 Å². The van der Waals surface area contributed by atoms with Gasteiger partial charge in [-0.1, -0.05) is 0 Å². The number of rotatable bonds is 2. The van der Waals surface area contributed by atoms with Crippen molar-refractivity contribution >= 4 is 23.0 Å². The Kier molecular flexibility index (Phi) is 4.92. The quantitative estimate of drug-likeness (QED) is 0.907. The summed E-state index contributed by atoms with van der Waals surface area (Å²) in [4.78, 5) is 32.8. The molecule has 1 aliphatic heterocycles. The molecule has 3 amide bonds. The summed E-state index contributed by atoms with van der Waals surface area (Å²) in [7, 11) is 0. The zero-order valence-electron chi connectivity index (χ0n) is 14.9. The number of nitrogens with one attached hydrogen (secondary N) is 1. The number of nitrogens with zero attached hydrogens (tertiary/aromatic N) is 3. The van der Waals surface area contributed by atoms with E-state index in [2.05, 4.69) is 10.3 Å². The van der Waals surface area contributed by atoms with Crippen LogP contribution in [-0.4, -0.2) is 58.9 Å². The molecule has 7 nitrogen and oxygen atoms in total. The molecule has 0 radical (unpaired) electrons. The van der Waals surface area contributed by atoms with Crippen molar-refractivity contribution in [1.82, 2.24) is 20.1 Å². The predicted octanol–water partition coefficient (Wildman–Crippen LogP) is 2.40. The van der Waals surface area contributed by atoms with Crippen LogP contribution in [0.4, 0.5) is 4.79 Å². The molecule has 0 atom stereocenters. The minimum atomic E-state index is -0.0659. The zero-order valence-corrected chi connectivity index (χ0v) is 14.9. The molecule has 0 spiro atoms. The van der Waals surface area contributed by atoms with Crippen LogP contribution in [0.1, 0.15) is 36.5 Å². The van der Waals surface area contributed by atoms with Crippen LogP contribution in [0.25, 0.3) is 11.1 Å². The van der Waals surface area contributed by atoms with E-state index in [1.54, 1.807) is 34.9 Å². The minimum Gasteiger partial charge on any atom is -0.441 e. The Labute approximate surface area is 147 Å². The summed E-state index contributed by atoms with van der Waals surface area (Å²) in [5.41, 5.74) is 1.97. The number of carbonyl (C=O) groups is 2. The van der Waals surface area contributed by atoms with Crippen LogP contribution in [0.5, 0.6) is 0 Å². The fourth-order valence-electron chi connectivity index (χ4n) is 3.02. The largest absolute Gasteiger partial charge is 0.441 e. The van der Waals surface area contributed by atoms with Crippen molar-refractivity contribution in [2.45, 2.75) is 33.2 Å². The van der Waals surface area contributed by atoms with E-state index < -0.39 is 0 Å². The molecule has 1 N–H and O–H groups in total. The molecule has 2 heterocycles. The Morgan fingerprint density at radius 1 is 1.16 bits per heavy atom. The summed E-state index contributed by atoms with van der Waals surface area (Å²) in [6.45, 7) is 8.02. The van der Waals surface area contributed by atoms with Gasteiger partial charge in [-0.25, -0.2) is 9.78 Å². The summed E-state index contributed by atoms with van der Waals surface area (Å²) in [5.74, 6) is 0.551. The third kappa shape index (κ3) is 3.92. The lowest BCUT2D eigenvalue weighted by Gasteiger charge is -2.23. The summed E-state index contributed by atoms with van der Waals surface area (Å²) in [6.07, 6.45) is 0.766. The van der Waals surface area contributed by atoms with Crippen LogP contribution in [0, 0.1) is 6.92 Å². The number of hydrogen-bond donors (Lipinski definition) is 1. The van der Waals surface area contributed by atoms with Crippen LogP contribution < -0.4 is 5.32 Å². The second-order valence-corrected chi connectivity index (χ2v) is 6.65. The van der Waals surface area contributed by atoms with Gasteiger partial charge in [-0.05, 0) is 38.5 Å². The summed E-state index contributed by atoms with van der Waals surface area (Å²) in [5, 5.41) is 2.90. The number of aryl methyl sites for hydroxylation is 1. The molecule has 1 aliphatic rings. The third-order valence-corrected chi connectivity index (χ3v) is 4.22. The van der Waals surface area contributed by atoms with Gasteiger partial charge >= 0.3 is 6.03 Å². The lowest BCUT2D eigenvalue weighted by molar-refractivity contribution is 0.0762. The third-order valence-electron chi connectivity index (χ3n) is 4.22.